The van der Waals surface area contributed by atoms with Crippen LogP contribution in [-0.2, 0) is 22.4 Å². The van der Waals surface area contributed by atoms with Crippen LogP contribution in [0.5, 0.6) is 0 Å². The predicted octanol–water partition coefficient (Wildman–Crippen LogP) is 2.53. The summed E-state index contributed by atoms with van der Waals surface area (Å²) >= 11 is 0. The molecule has 184 valence electrons. The van der Waals surface area contributed by atoms with E-state index < -0.39 is 29.3 Å². The number of rotatable bonds is 3. The number of hydrogen-bond donors (Lipinski definition) is 1. The second-order valence-electron chi connectivity index (χ2n) is 9.87. The maximum atomic E-state index is 14.2. The maximum absolute atomic E-state index is 14.2. The lowest BCUT2D eigenvalue weighted by molar-refractivity contribution is -0.154. The van der Waals surface area contributed by atoms with Gasteiger partial charge in [0, 0.05) is 25.7 Å². The van der Waals surface area contributed by atoms with Crippen LogP contribution in [0.15, 0.2) is 47.4 Å². The summed E-state index contributed by atoms with van der Waals surface area (Å²) in [4.78, 5) is 62.5. The van der Waals surface area contributed by atoms with Crippen molar-refractivity contribution in [2.45, 2.75) is 45.6 Å². The van der Waals surface area contributed by atoms with Crippen molar-refractivity contribution >= 4 is 29.3 Å². The fraction of sp³-hybridized carbons (Fsp3) is 0.370. The number of anilines is 1. The molecule has 0 radical (unpaired) electrons. The molecule has 36 heavy (non-hydrogen) atoms. The number of aryl methyl sites for hydroxylation is 1. The Morgan fingerprint density at radius 2 is 1.92 bits per heavy atom. The van der Waals surface area contributed by atoms with Gasteiger partial charge in [-0.05, 0) is 42.5 Å². The van der Waals surface area contributed by atoms with E-state index in [9.17, 15) is 19.2 Å². The fourth-order valence-corrected chi connectivity index (χ4v) is 6.04. The molecule has 3 aliphatic rings. The Morgan fingerprint density at radius 3 is 2.72 bits per heavy atom. The molecule has 3 aromatic rings. The monoisotopic (exact) mass is 485 g/mol. The van der Waals surface area contributed by atoms with Crippen molar-refractivity contribution in [2.24, 2.45) is 5.41 Å². The molecule has 5 heterocycles. The molecular weight excluding hydrogens is 458 g/mol. The first-order chi connectivity index (χ1) is 17.4. The Morgan fingerprint density at radius 1 is 1.11 bits per heavy atom. The number of benzene rings is 1. The number of fused-ring (bicyclic) bond motifs is 7. The Labute approximate surface area is 207 Å². The molecule has 2 aromatic heterocycles. The molecule has 3 aliphatic heterocycles. The number of imide groups is 2. The molecule has 1 saturated heterocycles. The molecule has 6 rings (SSSR count). The van der Waals surface area contributed by atoms with Gasteiger partial charge < -0.3 is 4.90 Å². The minimum absolute atomic E-state index is 0.124. The van der Waals surface area contributed by atoms with Crippen LogP contribution in [0.3, 0.4) is 0 Å². The number of nitrogens with one attached hydrogen (secondary N) is 1. The van der Waals surface area contributed by atoms with E-state index in [1.807, 2.05) is 49.1 Å². The highest BCUT2D eigenvalue weighted by Crippen LogP contribution is 2.52. The summed E-state index contributed by atoms with van der Waals surface area (Å²) < 4.78 is 1.48. The third-order valence-electron chi connectivity index (χ3n) is 7.83. The van der Waals surface area contributed by atoms with Crippen LogP contribution < -0.4 is 15.8 Å². The van der Waals surface area contributed by atoms with E-state index in [1.165, 1.54) is 4.40 Å². The minimum atomic E-state index is -1.66. The number of aromatic nitrogens is 2. The summed E-state index contributed by atoms with van der Waals surface area (Å²) in [5.41, 5.74) is 1.67. The Bertz CT molecular complexity index is 1510. The SMILES string of the molecule is CCCCN1C(=O)NC(=O)[C@@]2(Cc3c(nc4c(C)cccn4c3=O)N3CCc4ccccc4[C@H]32)C1=O. The smallest absolute Gasteiger partial charge is 0.330 e. The van der Waals surface area contributed by atoms with Crippen LogP contribution >= 0.6 is 0 Å². The molecular formula is C27H27N5O4. The number of unbranched alkanes of at least 4 members (excludes halogenated alkanes) is 1. The van der Waals surface area contributed by atoms with Crippen LogP contribution in [0.4, 0.5) is 10.6 Å². The number of urea groups is 1. The molecule has 1 fully saturated rings. The van der Waals surface area contributed by atoms with Gasteiger partial charge in [0.05, 0.1) is 11.6 Å². The van der Waals surface area contributed by atoms with Crippen LogP contribution in [0.25, 0.3) is 5.65 Å². The van der Waals surface area contributed by atoms with Gasteiger partial charge in [-0.2, -0.15) is 0 Å². The molecule has 0 bridgehead atoms. The quantitative estimate of drug-likeness (QED) is 0.572. The normalized spacial score (nSPS) is 22.9. The summed E-state index contributed by atoms with van der Waals surface area (Å²) in [6.07, 6.45) is 3.63. The molecule has 1 N–H and O–H groups in total. The predicted molar refractivity (Wildman–Crippen MR) is 133 cm³/mol. The number of hydrogen-bond acceptors (Lipinski definition) is 6. The average Bonchev–Trinajstić information content (AvgIpc) is 2.88. The van der Waals surface area contributed by atoms with Gasteiger partial charge in [0.2, 0.25) is 11.8 Å². The summed E-state index contributed by atoms with van der Waals surface area (Å²) in [6, 6.07) is 10.1. The zero-order valence-electron chi connectivity index (χ0n) is 20.3. The van der Waals surface area contributed by atoms with Crippen molar-refractivity contribution in [2.75, 3.05) is 18.0 Å². The van der Waals surface area contributed by atoms with Gasteiger partial charge >= 0.3 is 6.03 Å². The van der Waals surface area contributed by atoms with E-state index in [-0.39, 0.29) is 18.5 Å². The molecule has 2 atom stereocenters. The summed E-state index contributed by atoms with van der Waals surface area (Å²) in [5.74, 6) is -0.691. The number of nitrogens with zero attached hydrogens (tertiary/aromatic N) is 4. The Kier molecular flexibility index (Phi) is 5.00. The van der Waals surface area contributed by atoms with Crippen molar-refractivity contribution in [1.29, 1.82) is 0 Å². The van der Waals surface area contributed by atoms with Crippen LogP contribution in [-0.4, -0.2) is 45.2 Å². The van der Waals surface area contributed by atoms with E-state index in [0.717, 1.165) is 28.0 Å². The van der Waals surface area contributed by atoms with Gasteiger partial charge in [-0.25, -0.2) is 9.78 Å². The first kappa shape index (κ1) is 22.5. The van der Waals surface area contributed by atoms with Crippen LogP contribution in [0.1, 0.15) is 48.1 Å². The Balaban J connectivity index is 1.64. The molecule has 0 saturated carbocycles. The van der Waals surface area contributed by atoms with Crippen LogP contribution in [0.2, 0.25) is 0 Å². The highest BCUT2D eigenvalue weighted by atomic mass is 16.2. The topological polar surface area (TPSA) is 104 Å². The van der Waals surface area contributed by atoms with Crippen molar-refractivity contribution in [3.63, 3.8) is 0 Å². The molecule has 4 amide bonds. The molecule has 1 aromatic carbocycles. The van der Waals surface area contributed by atoms with E-state index in [2.05, 4.69) is 5.32 Å². The Hall–Kier alpha value is -4.01. The van der Waals surface area contributed by atoms with Gasteiger partial charge in [0.25, 0.3) is 5.56 Å². The number of pyridine rings is 1. The highest BCUT2D eigenvalue weighted by molar-refractivity contribution is 6.20. The van der Waals surface area contributed by atoms with Gasteiger partial charge in [0.15, 0.2) is 5.41 Å². The third-order valence-corrected chi connectivity index (χ3v) is 7.83. The zero-order valence-corrected chi connectivity index (χ0v) is 20.3. The highest BCUT2D eigenvalue weighted by Gasteiger charge is 2.64. The number of carbonyl (C=O) groups is 3. The van der Waals surface area contributed by atoms with Gasteiger partial charge in [0.1, 0.15) is 11.5 Å². The third kappa shape index (κ3) is 2.91. The van der Waals surface area contributed by atoms with Gasteiger partial charge in [-0.3, -0.25) is 29.0 Å². The minimum Gasteiger partial charge on any atom is -0.347 e. The van der Waals surface area contributed by atoms with Gasteiger partial charge in [-0.15, -0.1) is 0 Å². The first-order valence-electron chi connectivity index (χ1n) is 12.4. The average molecular weight is 486 g/mol. The number of carbonyl (C=O) groups excluding carboxylic acids is 3. The largest absolute Gasteiger partial charge is 0.347 e. The lowest BCUT2D eigenvalue weighted by Gasteiger charge is -2.53. The molecule has 9 nitrogen and oxygen atoms in total. The van der Waals surface area contributed by atoms with E-state index in [1.54, 1.807) is 12.3 Å². The summed E-state index contributed by atoms with van der Waals surface area (Å²) in [6.45, 7) is 4.58. The lowest BCUT2D eigenvalue weighted by Crippen LogP contribution is -2.70. The second-order valence-corrected chi connectivity index (χ2v) is 9.87. The zero-order chi connectivity index (χ0) is 25.2. The molecule has 0 unspecified atom stereocenters. The van der Waals surface area contributed by atoms with E-state index in [0.29, 0.717) is 36.4 Å². The standard InChI is InChI=1S/C27H27N5O4/c1-3-4-12-32-25(35)27(24(34)29-26(32)36)15-19-22(28-21-16(2)8-7-13-31(21)23(19)33)30-14-11-17-9-5-6-10-18(17)20(27)30/h5-10,13,20H,3-4,11-12,14-15H2,1-2H3,(H,29,34,36)/t20-,27-/m0/s1. The first-order valence-corrected chi connectivity index (χ1v) is 12.4. The number of barbiturate groups is 1. The lowest BCUT2D eigenvalue weighted by atomic mass is 9.65. The summed E-state index contributed by atoms with van der Waals surface area (Å²) in [5, 5.41) is 2.46. The second kappa shape index (κ2) is 8.01. The summed E-state index contributed by atoms with van der Waals surface area (Å²) in [7, 11) is 0. The molecule has 9 heteroatoms. The maximum Gasteiger partial charge on any atom is 0.330 e. The van der Waals surface area contributed by atoms with Crippen molar-refractivity contribution < 1.29 is 14.4 Å². The van der Waals surface area contributed by atoms with Crippen molar-refractivity contribution in [1.82, 2.24) is 19.6 Å². The number of amides is 4. The van der Waals surface area contributed by atoms with Crippen molar-refractivity contribution in [3.8, 4) is 0 Å². The fourth-order valence-electron chi connectivity index (χ4n) is 6.04. The van der Waals surface area contributed by atoms with Gasteiger partial charge in [-0.1, -0.05) is 43.7 Å². The van der Waals surface area contributed by atoms with Crippen LogP contribution in [0, 0.1) is 12.3 Å². The van der Waals surface area contributed by atoms with E-state index in [4.69, 9.17) is 4.98 Å². The molecule has 1 spiro atoms. The van der Waals surface area contributed by atoms with Crippen molar-refractivity contribution in [3.05, 3.63) is 75.2 Å². The molecule has 0 aliphatic carbocycles. The van der Waals surface area contributed by atoms with E-state index >= 15 is 0 Å².